The maximum atomic E-state index is 12.9. The molecule has 5 heteroatoms. The van der Waals surface area contributed by atoms with Gasteiger partial charge in [0.25, 0.3) is 0 Å². The second kappa shape index (κ2) is 4.17. The molecule has 1 aliphatic rings. The molecule has 1 unspecified atom stereocenters. The van der Waals surface area contributed by atoms with Gasteiger partial charge < -0.3 is 10.0 Å². The van der Waals surface area contributed by atoms with Gasteiger partial charge in [0.15, 0.2) is 11.6 Å². The Kier molecular flexibility index (Phi) is 2.87. The number of nitrogens with zero attached hydrogens (tertiary/aromatic N) is 1. The van der Waals surface area contributed by atoms with Gasteiger partial charge in [0, 0.05) is 13.1 Å². The van der Waals surface area contributed by atoms with E-state index in [1.165, 1.54) is 11.0 Å². The smallest absolute Gasteiger partial charge is 0.225 e. The van der Waals surface area contributed by atoms with E-state index in [-0.39, 0.29) is 25.4 Å². The van der Waals surface area contributed by atoms with Crippen LogP contribution in [0.4, 0.5) is 8.78 Å². The largest absolute Gasteiger partial charge is 0.391 e. The van der Waals surface area contributed by atoms with Crippen LogP contribution >= 0.6 is 0 Å². The molecule has 1 N–H and O–H groups in total. The molecule has 0 aliphatic carbocycles. The van der Waals surface area contributed by atoms with Crippen molar-refractivity contribution in [2.45, 2.75) is 19.1 Å². The first-order valence-corrected chi connectivity index (χ1v) is 4.96. The molecular formula is C11H11F2NO2. The summed E-state index contributed by atoms with van der Waals surface area (Å²) in [6.07, 6.45) is -0.554. The summed E-state index contributed by atoms with van der Waals surface area (Å²) in [7, 11) is 0. The zero-order valence-electron chi connectivity index (χ0n) is 8.49. The molecule has 16 heavy (non-hydrogen) atoms. The third-order valence-corrected chi connectivity index (χ3v) is 2.55. The lowest BCUT2D eigenvalue weighted by molar-refractivity contribution is -0.128. The molecule has 0 aromatic heterocycles. The van der Waals surface area contributed by atoms with Crippen LogP contribution in [0.25, 0.3) is 0 Å². The van der Waals surface area contributed by atoms with E-state index in [4.69, 9.17) is 0 Å². The number of rotatable bonds is 2. The summed E-state index contributed by atoms with van der Waals surface area (Å²) in [6, 6.07) is 3.52. The van der Waals surface area contributed by atoms with Gasteiger partial charge in [0.2, 0.25) is 5.91 Å². The van der Waals surface area contributed by atoms with Crippen LogP contribution in [-0.4, -0.2) is 28.6 Å². The van der Waals surface area contributed by atoms with Crippen molar-refractivity contribution in [3.63, 3.8) is 0 Å². The molecule has 1 heterocycles. The first-order chi connectivity index (χ1) is 7.56. The minimum Gasteiger partial charge on any atom is -0.391 e. The normalized spacial score (nSPS) is 20.6. The molecule has 0 radical (unpaired) electrons. The quantitative estimate of drug-likeness (QED) is 0.820. The highest BCUT2D eigenvalue weighted by molar-refractivity contribution is 5.78. The Morgan fingerprint density at radius 1 is 1.38 bits per heavy atom. The van der Waals surface area contributed by atoms with Gasteiger partial charge in [-0.15, -0.1) is 0 Å². The summed E-state index contributed by atoms with van der Waals surface area (Å²) in [5, 5.41) is 9.25. The van der Waals surface area contributed by atoms with Crippen molar-refractivity contribution in [3.8, 4) is 0 Å². The summed E-state index contributed by atoms with van der Waals surface area (Å²) in [5.74, 6) is -2.00. The first kappa shape index (κ1) is 11.0. The van der Waals surface area contributed by atoms with E-state index >= 15 is 0 Å². The molecule has 0 bridgehead atoms. The van der Waals surface area contributed by atoms with Crippen LogP contribution in [0.1, 0.15) is 12.0 Å². The van der Waals surface area contributed by atoms with Crippen LogP contribution < -0.4 is 0 Å². The van der Waals surface area contributed by atoms with E-state index in [1.807, 2.05) is 0 Å². The number of likely N-dealkylation sites (tertiary alicyclic amines) is 1. The number of hydrogen-bond acceptors (Lipinski definition) is 2. The lowest BCUT2D eigenvalue weighted by Gasteiger charge is -2.15. The Bertz CT molecular complexity index is 422. The van der Waals surface area contributed by atoms with Crippen molar-refractivity contribution in [1.29, 1.82) is 0 Å². The summed E-state index contributed by atoms with van der Waals surface area (Å²) >= 11 is 0. The average molecular weight is 227 g/mol. The molecule has 1 amide bonds. The van der Waals surface area contributed by atoms with E-state index < -0.39 is 17.7 Å². The van der Waals surface area contributed by atoms with Crippen molar-refractivity contribution < 1.29 is 18.7 Å². The lowest BCUT2D eigenvalue weighted by Crippen LogP contribution is -2.25. The topological polar surface area (TPSA) is 40.5 Å². The number of carbonyl (C=O) groups excluding carboxylic acids is 1. The third kappa shape index (κ3) is 2.19. The highest BCUT2D eigenvalue weighted by atomic mass is 19.2. The summed E-state index contributed by atoms with van der Waals surface area (Å²) in [4.78, 5) is 12.8. The molecule has 1 aliphatic heterocycles. The van der Waals surface area contributed by atoms with Crippen molar-refractivity contribution in [3.05, 3.63) is 35.4 Å². The van der Waals surface area contributed by atoms with E-state index in [2.05, 4.69) is 0 Å². The van der Waals surface area contributed by atoms with Gasteiger partial charge in [-0.3, -0.25) is 4.79 Å². The highest BCUT2D eigenvalue weighted by Gasteiger charge is 2.27. The predicted octanol–water partition coefficient (Wildman–Crippen LogP) is 1.06. The highest BCUT2D eigenvalue weighted by Crippen LogP contribution is 2.16. The van der Waals surface area contributed by atoms with E-state index in [0.29, 0.717) is 5.56 Å². The standard InChI is InChI=1S/C11H11F2NO2/c12-9-2-1-7(3-10(9)13)5-14-6-8(15)4-11(14)16/h1-3,8,15H,4-6H2. The molecule has 1 aromatic rings. The third-order valence-electron chi connectivity index (χ3n) is 2.55. The van der Waals surface area contributed by atoms with Gasteiger partial charge in [0.1, 0.15) is 0 Å². The van der Waals surface area contributed by atoms with Gasteiger partial charge in [-0.1, -0.05) is 6.07 Å². The lowest BCUT2D eigenvalue weighted by atomic mass is 10.2. The van der Waals surface area contributed by atoms with Gasteiger partial charge in [-0.25, -0.2) is 8.78 Å². The monoisotopic (exact) mass is 227 g/mol. The summed E-state index contributed by atoms with van der Waals surface area (Å²) < 4.78 is 25.6. The molecular weight excluding hydrogens is 216 g/mol. The Balaban J connectivity index is 2.09. The molecule has 1 fully saturated rings. The van der Waals surface area contributed by atoms with Crippen LogP contribution in [-0.2, 0) is 11.3 Å². The number of benzene rings is 1. The number of hydrogen-bond donors (Lipinski definition) is 1. The number of aliphatic hydroxyl groups excluding tert-OH is 1. The molecule has 1 atom stereocenters. The predicted molar refractivity (Wildman–Crippen MR) is 52.4 cm³/mol. The fraction of sp³-hybridized carbons (Fsp3) is 0.364. The van der Waals surface area contributed by atoms with Crippen LogP contribution in [0.3, 0.4) is 0 Å². The summed E-state index contributed by atoms with van der Waals surface area (Å²) in [6.45, 7) is 0.449. The van der Waals surface area contributed by atoms with Gasteiger partial charge in [-0.2, -0.15) is 0 Å². The summed E-state index contributed by atoms with van der Waals surface area (Å²) in [5.41, 5.74) is 0.515. The van der Waals surface area contributed by atoms with Gasteiger partial charge in [0.05, 0.1) is 12.5 Å². The number of halogens is 2. The van der Waals surface area contributed by atoms with Crippen molar-refractivity contribution in [2.24, 2.45) is 0 Å². The second-order valence-corrected chi connectivity index (χ2v) is 3.88. The molecule has 0 spiro atoms. The van der Waals surface area contributed by atoms with Gasteiger partial charge >= 0.3 is 0 Å². The first-order valence-electron chi connectivity index (χ1n) is 4.96. The van der Waals surface area contributed by atoms with E-state index in [9.17, 15) is 18.7 Å². The molecule has 3 nitrogen and oxygen atoms in total. The van der Waals surface area contributed by atoms with Crippen molar-refractivity contribution in [1.82, 2.24) is 4.90 Å². The molecule has 2 rings (SSSR count). The SMILES string of the molecule is O=C1CC(O)CN1Cc1ccc(F)c(F)c1. The Labute approximate surface area is 91.3 Å². The Morgan fingerprint density at radius 3 is 2.69 bits per heavy atom. The fourth-order valence-corrected chi connectivity index (χ4v) is 1.76. The Hall–Kier alpha value is -1.49. The maximum Gasteiger partial charge on any atom is 0.225 e. The number of carbonyl (C=O) groups is 1. The fourth-order valence-electron chi connectivity index (χ4n) is 1.76. The van der Waals surface area contributed by atoms with Crippen LogP contribution in [0.2, 0.25) is 0 Å². The molecule has 1 aromatic carbocycles. The zero-order valence-corrected chi connectivity index (χ0v) is 8.49. The number of amides is 1. The average Bonchev–Trinajstić information content (AvgIpc) is 2.51. The Morgan fingerprint density at radius 2 is 2.12 bits per heavy atom. The zero-order chi connectivity index (χ0) is 11.7. The number of aliphatic hydroxyl groups is 1. The van der Waals surface area contributed by atoms with Crippen molar-refractivity contribution >= 4 is 5.91 Å². The second-order valence-electron chi connectivity index (χ2n) is 3.88. The van der Waals surface area contributed by atoms with E-state index in [1.54, 1.807) is 0 Å². The van der Waals surface area contributed by atoms with Gasteiger partial charge in [-0.05, 0) is 17.7 Å². The van der Waals surface area contributed by atoms with E-state index in [0.717, 1.165) is 12.1 Å². The minimum absolute atomic E-state index is 0.101. The molecule has 1 saturated heterocycles. The molecule has 86 valence electrons. The van der Waals surface area contributed by atoms with Crippen LogP contribution in [0.5, 0.6) is 0 Å². The number of β-amino-alcohol motifs (C(OH)–C–C–N with tert-alkyl or cyclic N) is 1. The van der Waals surface area contributed by atoms with Crippen LogP contribution in [0.15, 0.2) is 18.2 Å². The molecule has 0 saturated carbocycles. The maximum absolute atomic E-state index is 12.9. The van der Waals surface area contributed by atoms with Crippen molar-refractivity contribution in [2.75, 3.05) is 6.54 Å². The minimum atomic E-state index is -0.926. The van der Waals surface area contributed by atoms with Crippen LogP contribution in [0, 0.1) is 11.6 Å².